The van der Waals surface area contributed by atoms with Crippen molar-refractivity contribution in [3.05, 3.63) is 96.1 Å². The molecule has 0 fully saturated rings. The van der Waals surface area contributed by atoms with E-state index < -0.39 is 0 Å². The van der Waals surface area contributed by atoms with Gasteiger partial charge in [-0.3, -0.25) is 0 Å². The molecule has 0 saturated carbocycles. The van der Waals surface area contributed by atoms with Gasteiger partial charge in [0.15, 0.2) is 0 Å². The maximum Gasteiger partial charge on any atom is 0.0327 e. The van der Waals surface area contributed by atoms with Crippen LogP contribution in [0.25, 0.3) is 21.5 Å². The highest BCUT2D eigenvalue weighted by Gasteiger charge is 1.98. The van der Waals surface area contributed by atoms with E-state index >= 15 is 0 Å². The Hall–Kier alpha value is -3.04. The molecule has 22 heavy (non-hydrogen) atoms. The van der Waals surface area contributed by atoms with Crippen molar-refractivity contribution in [2.45, 2.75) is 0 Å². The molecular formula is C22H13. The van der Waals surface area contributed by atoms with Gasteiger partial charge in [-0.1, -0.05) is 72.5 Å². The first-order valence-electron chi connectivity index (χ1n) is 7.30. The number of fused-ring (bicyclic) bond motifs is 2. The van der Waals surface area contributed by atoms with Gasteiger partial charge in [0.1, 0.15) is 0 Å². The molecule has 0 bridgehead atoms. The molecular weight excluding hydrogens is 264 g/mol. The monoisotopic (exact) mass is 277 g/mol. The zero-order valence-corrected chi connectivity index (χ0v) is 12.0. The van der Waals surface area contributed by atoms with Crippen LogP contribution >= 0.6 is 0 Å². The summed E-state index contributed by atoms with van der Waals surface area (Å²) in [7, 11) is 0. The summed E-state index contributed by atoms with van der Waals surface area (Å²) in [5.41, 5.74) is 2.12. The van der Waals surface area contributed by atoms with Gasteiger partial charge in [0.2, 0.25) is 0 Å². The van der Waals surface area contributed by atoms with Gasteiger partial charge in [0.05, 0.1) is 0 Å². The van der Waals surface area contributed by atoms with Gasteiger partial charge in [0.25, 0.3) is 0 Å². The highest BCUT2D eigenvalue weighted by Crippen LogP contribution is 2.19. The minimum Gasteiger partial charge on any atom is -0.0616 e. The van der Waals surface area contributed by atoms with Crippen molar-refractivity contribution >= 4 is 21.5 Å². The maximum absolute atomic E-state index is 3.34. The van der Waals surface area contributed by atoms with Crippen molar-refractivity contribution in [3.8, 4) is 11.8 Å². The summed E-state index contributed by atoms with van der Waals surface area (Å²) in [6, 6.07) is 29.9. The Morgan fingerprint density at radius 1 is 0.591 bits per heavy atom. The topological polar surface area (TPSA) is 0 Å². The Morgan fingerprint density at radius 2 is 1.23 bits per heavy atom. The van der Waals surface area contributed by atoms with Gasteiger partial charge < -0.3 is 0 Å². The molecule has 0 saturated heterocycles. The van der Waals surface area contributed by atoms with Gasteiger partial charge >= 0.3 is 0 Å². The Labute approximate surface area is 130 Å². The summed E-state index contributed by atoms with van der Waals surface area (Å²) in [5.74, 6) is 6.67. The molecule has 0 heterocycles. The van der Waals surface area contributed by atoms with Gasteiger partial charge in [0, 0.05) is 11.1 Å². The molecule has 0 aromatic heterocycles. The van der Waals surface area contributed by atoms with E-state index in [1.165, 1.54) is 21.5 Å². The quantitative estimate of drug-likeness (QED) is 0.388. The molecule has 0 atom stereocenters. The highest BCUT2D eigenvalue weighted by molar-refractivity contribution is 5.90. The fourth-order valence-electron chi connectivity index (χ4n) is 2.74. The standard InChI is InChI=1S/C22H13/c1-3-13-21-17(7-1)9-5-11-19(21)15-16-20-12-6-10-18-8-2-4-14-22(18)20/h1,3-14H. The molecule has 0 spiro atoms. The van der Waals surface area contributed by atoms with E-state index in [2.05, 4.69) is 78.6 Å². The van der Waals surface area contributed by atoms with Crippen LogP contribution in [0.1, 0.15) is 11.1 Å². The molecule has 0 N–H and O–H groups in total. The molecule has 1 radical (unpaired) electrons. The number of benzene rings is 4. The summed E-state index contributed by atoms with van der Waals surface area (Å²) in [6.07, 6.45) is 0. The molecule has 0 aliphatic rings. The average molecular weight is 277 g/mol. The van der Waals surface area contributed by atoms with Crippen LogP contribution in [-0.4, -0.2) is 0 Å². The fourth-order valence-corrected chi connectivity index (χ4v) is 2.74. The zero-order valence-electron chi connectivity index (χ0n) is 12.0. The number of hydrogen-bond donors (Lipinski definition) is 0. The van der Waals surface area contributed by atoms with Crippen LogP contribution < -0.4 is 0 Å². The van der Waals surface area contributed by atoms with E-state index in [0.717, 1.165) is 11.1 Å². The van der Waals surface area contributed by atoms with Gasteiger partial charge in [-0.2, -0.15) is 0 Å². The van der Waals surface area contributed by atoms with Crippen LogP contribution in [0.2, 0.25) is 0 Å². The largest absolute Gasteiger partial charge is 0.0616 e. The minimum atomic E-state index is 1.06. The Balaban J connectivity index is 1.88. The Kier molecular flexibility index (Phi) is 3.11. The van der Waals surface area contributed by atoms with E-state index in [0.29, 0.717) is 0 Å². The van der Waals surface area contributed by atoms with E-state index in [-0.39, 0.29) is 0 Å². The second kappa shape index (κ2) is 5.39. The molecule has 0 aliphatic heterocycles. The van der Waals surface area contributed by atoms with Crippen LogP contribution in [0, 0.1) is 17.9 Å². The molecule has 0 amide bonds. The lowest BCUT2D eigenvalue weighted by atomic mass is 10.0. The maximum atomic E-state index is 3.34. The normalized spacial score (nSPS) is 10.4. The third-order valence-electron chi connectivity index (χ3n) is 3.85. The van der Waals surface area contributed by atoms with Crippen molar-refractivity contribution in [2.75, 3.05) is 0 Å². The lowest BCUT2D eigenvalue weighted by Crippen LogP contribution is -1.81. The van der Waals surface area contributed by atoms with Crippen molar-refractivity contribution in [1.29, 1.82) is 0 Å². The van der Waals surface area contributed by atoms with Crippen molar-refractivity contribution in [1.82, 2.24) is 0 Å². The second-order valence-electron chi connectivity index (χ2n) is 5.23. The zero-order chi connectivity index (χ0) is 14.8. The third kappa shape index (κ3) is 2.24. The van der Waals surface area contributed by atoms with Crippen LogP contribution in [0.5, 0.6) is 0 Å². The lowest BCUT2D eigenvalue weighted by Gasteiger charge is -2.01. The molecule has 0 heteroatoms. The SMILES string of the molecule is C(#Cc1cccc2ccccc12)c1cccc2c[c]ccc12. The molecule has 101 valence electrons. The molecule has 0 unspecified atom stereocenters. The smallest absolute Gasteiger partial charge is 0.0327 e. The first-order chi connectivity index (χ1) is 10.9. The summed E-state index contributed by atoms with van der Waals surface area (Å²) < 4.78 is 0. The summed E-state index contributed by atoms with van der Waals surface area (Å²) in [5, 5.41) is 4.77. The van der Waals surface area contributed by atoms with E-state index in [4.69, 9.17) is 0 Å². The number of rotatable bonds is 0. The van der Waals surface area contributed by atoms with E-state index in [1.54, 1.807) is 0 Å². The first-order valence-corrected chi connectivity index (χ1v) is 7.30. The van der Waals surface area contributed by atoms with Gasteiger partial charge in [-0.05, 0) is 45.8 Å². The minimum absolute atomic E-state index is 1.06. The molecule has 0 nitrogen and oxygen atoms in total. The van der Waals surface area contributed by atoms with E-state index in [9.17, 15) is 0 Å². The van der Waals surface area contributed by atoms with Crippen molar-refractivity contribution in [2.24, 2.45) is 0 Å². The Bertz CT molecular complexity index is 936. The number of hydrogen-bond acceptors (Lipinski definition) is 0. The summed E-state index contributed by atoms with van der Waals surface area (Å²) >= 11 is 0. The van der Waals surface area contributed by atoms with Crippen LogP contribution in [0.15, 0.2) is 78.9 Å². The molecule has 0 aliphatic carbocycles. The molecule has 4 rings (SSSR count). The third-order valence-corrected chi connectivity index (χ3v) is 3.85. The van der Waals surface area contributed by atoms with Crippen LogP contribution in [-0.2, 0) is 0 Å². The summed E-state index contributed by atoms with van der Waals surface area (Å²) in [6.45, 7) is 0. The van der Waals surface area contributed by atoms with Crippen molar-refractivity contribution < 1.29 is 0 Å². The van der Waals surface area contributed by atoms with Gasteiger partial charge in [-0.15, -0.1) is 0 Å². The fraction of sp³-hybridized carbons (Fsp3) is 0. The predicted octanol–water partition coefficient (Wildman–Crippen LogP) is 5.19. The van der Waals surface area contributed by atoms with Gasteiger partial charge in [-0.25, -0.2) is 0 Å². The van der Waals surface area contributed by atoms with Crippen LogP contribution in [0.4, 0.5) is 0 Å². The lowest BCUT2D eigenvalue weighted by molar-refractivity contribution is 1.68. The Morgan fingerprint density at radius 3 is 2.05 bits per heavy atom. The predicted molar refractivity (Wildman–Crippen MR) is 92.7 cm³/mol. The first kappa shape index (κ1) is 12.7. The van der Waals surface area contributed by atoms with E-state index in [1.807, 2.05) is 18.2 Å². The highest BCUT2D eigenvalue weighted by atomic mass is 14.0. The molecule has 4 aromatic rings. The van der Waals surface area contributed by atoms with Crippen LogP contribution in [0.3, 0.4) is 0 Å². The second-order valence-corrected chi connectivity index (χ2v) is 5.23. The van der Waals surface area contributed by atoms with Crippen molar-refractivity contribution in [3.63, 3.8) is 0 Å². The average Bonchev–Trinajstić information content (AvgIpc) is 2.60. The summed E-state index contributed by atoms with van der Waals surface area (Å²) in [4.78, 5) is 0. The molecule has 4 aromatic carbocycles.